The maximum absolute atomic E-state index is 12.4. The number of esters is 1. The van der Waals surface area contributed by atoms with Crippen LogP contribution < -0.4 is 5.73 Å². The van der Waals surface area contributed by atoms with E-state index in [1.54, 1.807) is 0 Å². The minimum Gasteiger partial charge on any atom is -0.481 e. The SMILES string of the molecule is Cc1ccc(C)c(COC(=O)[C@]2(N)CC[C@H]3[C@H](C(=O)O)[C@H]32)c1. The van der Waals surface area contributed by atoms with Gasteiger partial charge in [0.15, 0.2) is 0 Å². The molecule has 5 nitrogen and oxygen atoms in total. The molecule has 3 rings (SSSR count). The Morgan fingerprint density at radius 3 is 2.77 bits per heavy atom. The van der Waals surface area contributed by atoms with Gasteiger partial charge in [-0.2, -0.15) is 0 Å². The quantitative estimate of drug-likeness (QED) is 0.828. The molecular weight excluding hydrogens is 282 g/mol. The molecule has 2 aliphatic carbocycles. The van der Waals surface area contributed by atoms with Crippen molar-refractivity contribution >= 4 is 11.9 Å². The van der Waals surface area contributed by atoms with E-state index >= 15 is 0 Å². The predicted molar refractivity (Wildman–Crippen MR) is 80.0 cm³/mol. The van der Waals surface area contributed by atoms with Gasteiger partial charge >= 0.3 is 11.9 Å². The van der Waals surface area contributed by atoms with Crippen LogP contribution in [0.3, 0.4) is 0 Å². The molecule has 118 valence electrons. The number of benzene rings is 1. The molecule has 22 heavy (non-hydrogen) atoms. The van der Waals surface area contributed by atoms with Crippen molar-refractivity contribution in [2.24, 2.45) is 23.5 Å². The summed E-state index contributed by atoms with van der Waals surface area (Å²) < 4.78 is 5.42. The first-order valence-electron chi connectivity index (χ1n) is 7.59. The van der Waals surface area contributed by atoms with Crippen LogP contribution in [0, 0.1) is 31.6 Å². The normalized spacial score (nSPS) is 32.4. The Kier molecular flexibility index (Phi) is 3.48. The molecule has 0 radical (unpaired) electrons. The highest BCUT2D eigenvalue weighted by molar-refractivity contribution is 5.86. The molecule has 1 aromatic carbocycles. The fraction of sp³-hybridized carbons (Fsp3) is 0.529. The van der Waals surface area contributed by atoms with E-state index in [1.165, 1.54) is 0 Å². The monoisotopic (exact) mass is 303 g/mol. The predicted octanol–water partition coefficient (Wildman–Crippen LogP) is 1.78. The first kappa shape index (κ1) is 15.0. The van der Waals surface area contributed by atoms with Gasteiger partial charge in [-0.25, -0.2) is 0 Å². The molecule has 1 aromatic rings. The van der Waals surface area contributed by atoms with Crippen LogP contribution in [0.2, 0.25) is 0 Å². The third-order valence-electron chi connectivity index (χ3n) is 5.18. The smallest absolute Gasteiger partial charge is 0.326 e. The molecule has 0 heterocycles. The highest BCUT2D eigenvalue weighted by Gasteiger charge is 2.70. The summed E-state index contributed by atoms with van der Waals surface area (Å²) in [6.45, 7) is 4.13. The molecule has 0 aliphatic heterocycles. The van der Waals surface area contributed by atoms with Crippen molar-refractivity contribution in [1.82, 2.24) is 0 Å². The van der Waals surface area contributed by atoms with Gasteiger partial charge in [0.1, 0.15) is 12.1 Å². The molecule has 2 fully saturated rings. The van der Waals surface area contributed by atoms with Crippen molar-refractivity contribution in [2.45, 2.75) is 38.8 Å². The molecule has 2 saturated carbocycles. The van der Waals surface area contributed by atoms with Crippen molar-refractivity contribution in [3.8, 4) is 0 Å². The van der Waals surface area contributed by atoms with E-state index in [-0.39, 0.29) is 18.4 Å². The summed E-state index contributed by atoms with van der Waals surface area (Å²) in [5, 5.41) is 9.14. The standard InChI is InChI=1S/C17H21NO4/c1-9-3-4-10(2)11(7-9)8-22-16(21)17(18)6-5-12-13(14(12)17)15(19)20/h3-4,7,12-14H,5-6,8,18H2,1-2H3,(H,19,20)/t12-,13-,14-,17-/m0/s1. The topological polar surface area (TPSA) is 89.6 Å². The van der Waals surface area contributed by atoms with Crippen LogP contribution in [0.25, 0.3) is 0 Å². The molecule has 0 spiro atoms. The number of rotatable bonds is 4. The van der Waals surface area contributed by atoms with E-state index in [9.17, 15) is 9.59 Å². The molecule has 4 atom stereocenters. The number of carboxylic acid groups (broad SMARTS) is 1. The summed E-state index contributed by atoms with van der Waals surface area (Å²) in [5.74, 6) is -2.03. The van der Waals surface area contributed by atoms with Gasteiger partial charge in [0, 0.05) is 5.92 Å². The van der Waals surface area contributed by atoms with Crippen LogP contribution in [0.15, 0.2) is 18.2 Å². The largest absolute Gasteiger partial charge is 0.481 e. The second-order valence-corrected chi connectivity index (χ2v) is 6.64. The number of aliphatic carboxylic acids is 1. The highest BCUT2D eigenvalue weighted by Crippen LogP contribution is 2.61. The molecule has 0 saturated heterocycles. The molecule has 5 heteroatoms. The van der Waals surface area contributed by atoms with Crippen molar-refractivity contribution in [3.63, 3.8) is 0 Å². The number of fused-ring (bicyclic) bond motifs is 1. The van der Waals surface area contributed by atoms with Gasteiger partial charge in [-0.05, 0) is 43.7 Å². The van der Waals surface area contributed by atoms with Gasteiger partial charge < -0.3 is 15.6 Å². The Morgan fingerprint density at radius 1 is 1.41 bits per heavy atom. The molecule has 0 aromatic heterocycles. The Labute approximate surface area is 129 Å². The van der Waals surface area contributed by atoms with Gasteiger partial charge in [-0.15, -0.1) is 0 Å². The van der Waals surface area contributed by atoms with Gasteiger partial charge in [-0.1, -0.05) is 23.8 Å². The number of hydrogen-bond donors (Lipinski definition) is 2. The lowest BCUT2D eigenvalue weighted by molar-refractivity contribution is -0.153. The molecule has 0 bridgehead atoms. The zero-order chi connectivity index (χ0) is 16.1. The maximum atomic E-state index is 12.4. The zero-order valence-electron chi connectivity index (χ0n) is 12.8. The minimum atomic E-state index is -1.13. The lowest BCUT2D eigenvalue weighted by Crippen LogP contribution is -2.50. The van der Waals surface area contributed by atoms with Crippen LogP contribution in [-0.2, 0) is 20.9 Å². The lowest BCUT2D eigenvalue weighted by atomic mass is 9.91. The molecule has 0 amide bonds. The van der Waals surface area contributed by atoms with Crippen molar-refractivity contribution < 1.29 is 19.4 Å². The first-order valence-corrected chi connectivity index (χ1v) is 7.59. The van der Waals surface area contributed by atoms with E-state index in [2.05, 4.69) is 0 Å². The third kappa shape index (κ3) is 2.29. The summed E-state index contributed by atoms with van der Waals surface area (Å²) in [6.07, 6.45) is 1.20. The van der Waals surface area contributed by atoms with Crippen LogP contribution >= 0.6 is 0 Å². The Hall–Kier alpha value is -1.88. The fourth-order valence-electron chi connectivity index (χ4n) is 3.82. The molecular formula is C17H21NO4. The second-order valence-electron chi connectivity index (χ2n) is 6.64. The summed E-state index contributed by atoms with van der Waals surface area (Å²) in [6, 6.07) is 5.98. The number of ether oxygens (including phenoxy) is 1. The second kappa shape index (κ2) is 5.09. The summed E-state index contributed by atoms with van der Waals surface area (Å²) >= 11 is 0. The Bertz CT molecular complexity index is 642. The summed E-state index contributed by atoms with van der Waals surface area (Å²) in [7, 11) is 0. The van der Waals surface area contributed by atoms with E-state index in [4.69, 9.17) is 15.6 Å². The molecule has 0 unspecified atom stereocenters. The van der Waals surface area contributed by atoms with Crippen molar-refractivity contribution in [1.29, 1.82) is 0 Å². The highest BCUT2D eigenvalue weighted by atomic mass is 16.5. The average Bonchev–Trinajstić information content (AvgIpc) is 3.12. The lowest BCUT2D eigenvalue weighted by Gasteiger charge is -2.24. The summed E-state index contributed by atoms with van der Waals surface area (Å²) in [5.41, 5.74) is 8.20. The number of carbonyl (C=O) groups excluding carboxylic acids is 1. The van der Waals surface area contributed by atoms with Crippen molar-refractivity contribution in [2.75, 3.05) is 0 Å². The van der Waals surface area contributed by atoms with E-state index in [0.29, 0.717) is 12.8 Å². The number of carboxylic acids is 1. The molecule has 2 aliphatic rings. The zero-order valence-corrected chi connectivity index (χ0v) is 12.8. The fourth-order valence-corrected chi connectivity index (χ4v) is 3.82. The molecule has 3 N–H and O–H groups in total. The Balaban J connectivity index is 1.67. The summed E-state index contributed by atoms with van der Waals surface area (Å²) in [4.78, 5) is 23.5. The van der Waals surface area contributed by atoms with Crippen LogP contribution in [0.5, 0.6) is 0 Å². The third-order valence-corrected chi connectivity index (χ3v) is 5.18. The van der Waals surface area contributed by atoms with E-state index in [0.717, 1.165) is 16.7 Å². The Morgan fingerprint density at radius 2 is 2.14 bits per heavy atom. The number of aryl methyl sites for hydroxylation is 2. The number of nitrogens with two attached hydrogens (primary N) is 1. The van der Waals surface area contributed by atoms with Gasteiger partial charge in [0.2, 0.25) is 0 Å². The maximum Gasteiger partial charge on any atom is 0.326 e. The van der Waals surface area contributed by atoms with Gasteiger partial charge in [-0.3, -0.25) is 9.59 Å². The average molecular weight is 303 g/mol. The van der Waals surface area contributed by atoms with Crippen LogP contribution in [0.4, 0.5) is 0 Å². The first-order chi connectivity index (χ1) is 10.3. The van der Waals surface area contributed by atoms with E-state index in [1.807, 2.05) is 32.0 Å². The van der Waals surface area contributed by atoms with E-state index < -0.39 is 23.4 Å². The number of carbonyl (C=O) groups is 2. The minimum absolute atomic E-state index is 0.0377. The van der Waals surface area contributed by atoms with Crippen molar-refractivity contribution in [3.05, 3.63) is 34.9 Å². The number of hydrogen-bond acceptors (Lipinski definition) is 4. The van der Waals surface area contributed by atoms with Crippen LogP contribution in [0.1, 0.15) is 29.5 Å². The van der Waals surface area contributed by atoms with Gasteiger partial charge in [0.05, 0.1) is 5.92 Å². The van der Waals surface area contributed by atoms with Crippen LogP contribution in [-0.4, -0.2) is 22.6 Å². The van der Waals surface area contributed by atoms with Gasteiger partial charge in [0.25, 0.3) is 0 Å².